The molecule has 0 aliphatic rings. The van der Waals surface area contributed by atoms with Crippen LogP contribution in [-0.4, -0.2) is 12.5 Å². The van der Waals surface area contributed by atoms with E-state index in [1.54, 1.807) is 0 Å². The van der Waals surface area contributed by atoms with Crippen molar-refractivity contribution in [2.45, 2.75) is 20.3 Å². The Morgan fingerprint density at radius 1 is 1.47 bits per heavy atom. The molecule has 0 saturated heterocycles. The summed E-state index contributed by atoms with van der Waals surface area (Å²) in [4.78, 5) is 11.5. The van der Waals surface area contributed by atoms with Crippen LogP contribution in [0.3, 0.4) is 0 Å². The van der Waals surface area contributed by atoms with Crippen LogP contribution in [0.25, 0.3) is 0 Å². The number of amides is 1. The SMILES string of the molecule is CC(C)CNC(=O)Cc1cccc(Br)c1. The fourth-order valence-electron chi connectivity index (χ4n) is 1.21. The summed E-state index contributed by atoms with van der Waals surface area (Å²) in [5.41, 5.74) is 1.03. The molecule has 1 aromatic carbocycles. The Bertz CT molecular complexity index is 336. The quantitative estimate of drug-likeness (QED) is 0.895. The summed E-state index contributed by atoms with van der Waals surface area (Å²) in [6.45, 7) is 4.91. The number of benzene rings is 1. The Balaban J connectivity index is 2.44. The molecule has 3 heteroatoms. The predicted molar refractivity (Wildman–Crippen MR) is 65.7 cm³/mol. The highest BCUT2D eigenvalue weighted by atomic mass is 79.9. The average molecular weight is 270 g/mol. The molecule has 0 aliphatic carbocycles. The van der Waals surface area contributed by atoms with E-state index < -0.39 is 0 Å². The van der Waals surface area contributed by atoms with Gasteiger partial charge >= 0.3 is 0 Å². The molecule has 0 aliphatic heterocycles. The van der Waals surface area contributed by atoms with Gasteiger partial charge in [0.25, 0.3) is 0 Å². The van der Waals surface area contributed by atoms with E-state index in [4.69, 9.17) is 0 Å². The number of hydrogen-bond donors (Lipinski definition) is 1. The van der Waals surface area contributed by atoms with Crippen LogP contribution in [0.1, 0.15) is 19.4 Å². The van der Waals surface area contributed by atoms with E-state index in [1.807, 2.05) is 24.3 Å². The van der Waals surface area contributed by atoms with Gasteiger partial charge in [0, 0.05) is 11.0 Å². The topological polar surface area (TPSA) is 29.1 Å². The van der Waals surface area contributed by atoms with Gasteiger partial charge in [0.1, 0.15) is 0 Å². The lowest BCUT2D eigenvalue weighted by Gasteiger charge is -2.07. The van der Waals surface area contributed by atoms with E-state index in [0.29, 0.717) is 12.3 Å². The van der Waals surface area contributed by atoms with Crippen molar-refractivity contribution in [1.29, 1.82) is 0 Å². The Hall–Kier alpha value is -0.830. The summed E-state index contributed by atoms with van der Waals surface area (Å²) in [7, 11) is 0. The molecule has 0 unspecified atom stereocenters. The first-order chi connectivity index (χ1) is 7.08. The third-order valence-electron chi connectivity index (χ3n) is 1.96. The maximum Gasteiger partial charge on any atom is 0.224 e. The molecule has 1 amide bonds. The zero-order chi connectivity index (χ0) is 11.3. The highest BCUT2D eigenvalue weighted by molar-refractivity contribution is 9.10. The monoisotopic (exact) mass is 269 g/mol. The van der Waals surface area contributed by atoms with Crippen LogP contribution in [0.15, 0.2) is 28.7 Å². The number of carbonyl (C=O) groups excluding carboxylic acids is 1. The summed E-state index contributed by atoms with van der Waals surface area (Å²) >= 11 is 3.38. The van der Waals surface area contributed by atoms with Crippen molar-refractivity contribution in [3.05, 3.63) is 34.3 Å². The lowest BCUT2D eigenvalue weighted by molar-refractivity contribution is -0.120. The van der Waals surface area contributed by atoms with Gasteiger partial charge in [-0.25, -0.2) is 0 Å². The number of hydrogen-bond acceptors (Lipinski definition) is 1. The maximum absolute atomic E-state index is 11.5. The Labute approximate surface area is 99.2 Å². The van der Waals surface area contributed by atoms with E-state index in [2.05, 4.69) is 35.1 Å². The Kier molecular flexibility index (Phi) is 4.82. The Morgan fingerprint density at radius 3 is 2.80 bits per heavy atom. The molecule has 1 aromatic rings. The molecular weight excluding hydrogens is 254 g/mol. The summed E-state index contributed by atoms with van der Waals surface area (Å²) in [6, 6.07) is 7.82. The molecule has 0 atom stereocenters. The van der Waals surface area contributed by atoms with Crippen LogP contribution in [-0.2, 0) is 11.2 Å². The molecule has 2 nitrogen and oxygen atoms in total. The van der Waals surface area contributed by atoms with Crippen LogP contribution in [0, 0.1) is 5.92 Å². The zero-order valence-electron chi connectivity index (χ0n) is 9.09. The number of rotatable bonds is 4. The van der Waals surface area contributed by atoms with Crippen molar-refractivity contribution in [3.8, 4) is 0 Å². The fourth-order valence-corrected chi connectivity index (χ4v) is 1.66. The number of carbonyl (C=O) groups is 1. The molecule has 15 heavy (non-hydrogen) atoms. The number of nitrogens with one attached hydrogen (secondary N) is 1. The van der Waals surface area contributed by atoms with Gasteiger partial charge in [-0.15, -0.1) is 0 Å². The summed E-state index contributed by atoms with van der Waals surface area (Å²) in [5, 5.41) is 2.90. The highest BCUT2D eigenvalue weighted by Crippen LogP contribution is 2.11. The van der Waals surface area contributed by atoms with Crippen molar-refractivity contribution in [2.24, 2.45) is 5.92 Å². The normalized spacial score (nSPS) is 10.4. The van der Waals surface area contributed by atoms with Crippen molar-refractivity contribution >= 4 is 21.8 Å². The lowest BCUT2D eigenvalue weighted by Crippen LogP contribution is -2.28. The molecule has 1 rings (SSSR count). The zero-order valence-corrected chi connectivity index (χ0v) is 10.7. The molecule has 0 aromatic heterocycles. The maximum atomic E-state index is 11.5. The summed E-state index contributed by atoms with van der Waals surface area (Å²) in [5.74, 6) is 0.582. The van der Waals surface area contributed by atoms with E-state index in [1.165, 1.54) is 0 Å². The summed E-state index contributed by atoms with van der Waals surface area (Å²) < 4.78 is 1.01. The first kappa shape index (κ1) is 12.2. The van der Waals surface area contributed by atoms with Crippen LogP contribution >= 0.6 is 15.9 Å². The van der Waals surface area contributed by atoms with Gasteiger partial charge in [-0.05, 0) is 23.6 Å². The lowest BCUT2D eigenvalue weighted by atomic mass is 10.1. The van der Waals surface area contributed by atoms with E-state index >= 15 is 0 Å². The first-order valence-electron chi connectivity index (χ1n) is 5.09. The van der Waals surface area contributed by atoms with Crippen molar-refractivity contribution in [1.82, 2.24) is 5.32 Å². The second-order valence-electron chi connectivity index (χ2n) is 4.00. The molecule has 0 radical (unpaired) electrons. The predicted octanol–water partition coefficient (Wildman–Crippen LogP) is 2.76. The van der Waals surface area contributed by atoms with Gasteiger partial charge < -0.3 is 5.32 Å². The number of halogens is 1. The molecule has 0 spiro atoms. The largest absolute Gasteiger partial charge is 0.356 e. The van der Waals surface area contributed by atoms with E-state index in [0.717, 1.165) is 16.6 Å². The van der Waals surface area contributed by atoms with E-state index in [9.17, 15) is 4.79 Å². The van der Waals surface area contributed by atoms with Gasteiger partial charge in [-0.2, -0.15) is 0 Å². The minimum Gasteiger partial charge on any atom is -0.356 e. The van der Waals surface area contributed by atoms with Gasteiger partial charge in [0.15, 0.2) is 0 Å². The van der Waals surface area contributed by atoms with Gasteiger partial charge in [-0.1, -0.05) is 41.9 Å². The second kappa shape index (κ2) is 5.91. The summed E-state index contributed by atoms with van der Waals surface area (Å²) in [6.07, 6.45) is 0.451. The van der Waals surface area contributed by atoms with Crippen LogP contribution < -0.4 is 5.32 Å². The van der Waals surface area contributed by atoms with Crippen molar-refractivity contribution < 1.29 is 4.79 Å². The third kappa shape index (κ3) is 4.98. The smallest absolute Gasteiger partial charge is 0.224 e. The molecule has 0 heterocycles. The molecule has 1 N–H and O–H groups in total. The average Bonchev–Trinajstić information content (AvgIpc) is 2.15. The van der Waals surface area contributed by atoms with Crippen LogP contribution in [0.5, 0.6) is 0 Å². The minimum atomic E-state index is 0.0850. The van der Waals surface area contributed by atoms with Crippen LogP contribution in [0.2, 0.25) is 0 Å². The second-order valence-corrected chi connectivity index (χ2v) is 4.92. The Morgan fingerprint density at radius 2 is 2.20 bits per heavy atom. The van der Waals surface area contributed by atoms with Crippen molar-refractivity contribution in [3.63, 3.8) is 0 Å². The fraction of sp³-hybridized carbons (Fsp3) is 0.417. The molecule has 0 fully saturated rings. The molecule has 82 valence electrons. The van der Waals surface area contributed by atoms with E-state index in [-0.39, 0.29) is 5.91 Å². The molecule has 0 saturated carbocycles. The van der Waals surface area contributed by atoms with Crippen molar-refractivity contribution in [2.75, 3.05) is 6.54 Å². The molecule has 0 bridgehead atoms. The third-order valence-corrected chi connectivity index (χ3v) is 2.45. The van der Waals surface area contributed by atoms with Gasteiger partial charge in [-0.3, -0.25) is 4.79 Å². The minimum absolute atomic E-state index is 0.0850. The molecular formula is C12H16BrNO. The van der Waals surface area contributed by atoms with Gasteiger partial charge in [0.05, 0.1) is 6.42 Å². The van der Waals surface area contributed by atoms with Crippen LogP contribution in [0.4, 0.5) is 0 Å². The highest BCUT2D eigenvalue weighted by Gasteiger charge is 2.03. The van der Waals surface area contributed by atoms with Gasteiger partial charge in [0.2, 0.25) is 5.91 Å². The standard InChI is InChI=1S/C12H16BrNO/c1-9(2)8-14-12(15)7-10-4-3-5-11(13)6-10/h3-6,9H,7-8H2,1-2H3,(H,14,15). The first-order valence-corrected chi connectivity index (χ1v) is 5.88.